The third kappa shape index (κ3) is 5.19. The summed E-state index contributed by atoms with van der Waals surface area (Å²) in [5, 5.41) is 14.3. The minimum absolute atomic E-state index is 0.462. The molecule has 28 heavy (non-hydrogen) atoms. The summed E-state index contributed by atoms with van der Waals surface area (Å²) in [6.07, 6.45) is 3.22. The van der Waals surface area contributed by atoms with Crippen LogP contribution in [0, 0.1) is 0 Å². The summed E-state index contributed by atoms with van der Waals surface area (Å²) in [6.45, 7) is 2.39. The van der Waals surface area contributed by atoms with Crippen LogP contribution in [0.15, 0.2) is 53.0 Å². The molecule has 0 radical (unpaired) electrons. The van der Waals surface area contributed by atoms with E-state index in [0.29, 0.717) is 33.3 Å². The second kappa shape index (κ2) is 9.82. The van der Waals surface area contributed by atoms with Crippen LogP contribution in [0.4, 0.5) is 0 Å². The van der Waals surface area contributed by atoms with Gasteiger partial charge >= 0.3 is 0 Å². The lowest BCUT2D eigenvalue weighted by atomic mass is 10.2. The minimum Gasteiger partial charge on any atom is -0.493 e. The van der Waals surface area contributed by atoms with E-state index in [1.165, 1.54) is 11.8 Å². The third-order valence-corrected chi connectivity index (χ3v) is 5.19. The van der Waals surface area contributed by atoms with E-state index in [-0.39, 0.29) is 0 Å². The van der Waals surface area contributed by atoms with Gasteiger partial charge in [-0.2, -0.15) is 9.78 Å². The lowest BCUT2D eigenvalue weighted by molar-refractivity contribution is 0.311. The van der Waals surface area contributed by atoms with Gasteiger partial charge in [0.25, 0.3) is 0 Å². The van der Waals surface area contributed by atoms with Gasteiger partial charge in [0.15, 0.2) is 11.5 Å². The molecule has 2 aromatic carbocycles. The molecule has 0 N–H and O–H groups in total. The summed E-state index contributed by atoms with van der Waals surface area (Å²) in [7, 11) is 1.57. The molecule has 0 atom stereocenters. The number of aromatic nitrogens is 3. The zero-order chi connectivity index (χ0) is 19.9. The number of benzene rings is 2. The SMILES string of the molecule is CCOc1c(Cl)cc(/C=N/n2cnnc2SCc2ccc(Cl)cc2)cc1OC. The van der Waals surface area contributed by atoms with E-state index in [1.54, 1.807) is 30.4 Å². The lowest BCUT2D eigenvalue weighted by Crippen LogP contribution is -1.98. The molecule has 146 valence electrons. The fraction of sp³-hybridized carbons (Fsp3) is 0.211. The van der Waals surface area contributed by atoms with Gasteiger partial charge in [-0.25, -0.2) is 0 Å². The highest BCUT2D eigenvalue weighted by molar-refractivity contribution is 7.98. The molecule has 0 bridgehead atoms. The van der Waals surface area contributed by atoms with E-state index in [1.807, 2.05) is 37.3 Å². The van der Waals surface area contributed by atoms with Crippen molar-refractivity contribution in [2.75, 3.05) is 13.7 Å². The highest BCUT2D eigenvalue weighted by Gasteiger charge is 2.11. The van der Waals surface area contributed by atoms with Crippen LogP contribution in [0.2, 0.25) is 10.0 Å². The Hall–Kier alpha value is -2.22. The van der Waals surface area contributed by atoms with Crippen molar-refractivity contribution in [1.82, 2.24) is 14.9 Å². The molecule has 0 spiro atoms. The van der Waals surface area contributed by atoms with Crippen molar-refractivity contribution in [3.05, 3.63) is 63.9 Å². The highest BCUT2D eigenvalue weighted by atomic mass is 35.5. The second-order valence-corrected chi connectivity index (χ2v) is 7.37. The quantitative estimate of drug-likeness (QED) is 0.360. The molecule has 0 amide bonds. The number of methoxy groups -OCH3 is 1. The van der Waals surface area contributed by atoms with Crippen molar-refractivity contribution in [1.29, 1.82) is 0 Å². The summed E-state index contributed by atoms with van der Waals surface area (Å²) < 4.78 is 12.5. The van der Waals surface area contributed by atoms with E-state index >= 15 is 0 Å². The topological polar surface area (TPSA) is 61.5 Å². The Kier molecular flexibility index (Phi) is 7.19. The average molecular weight is 437 g/mol. The number of rotatable bonds is 8. The van der Waals surface area contributed by atoms with E-state index in [2.05, 4.69) is 15.3 Å². The molecule has 9 heteroatoms. The van der Waals surface area contributed by atoms with E-state index < -0.39 is 0 Å². The summed E-state index contributed by atoms with van der Waals surface area (Å²) in [6, 6.07) is 11.3. The van der Waals surface area contributed by atoms with E-state index in [4.69, 9.17) is 32.7 Å². The zero-order valence-corrected chi connectivity index (χ0v) is 17.6. The van der Waals surface area contributed by atoms with Gasteiger partial charge in [0.2, 0.25) is 5.16 Å². The summed E-state index contributed by atoms with van der Waals surface area (Å²) >= 11 is 13.7. The van der Waals surface area contributed by atoms with Gasteiger partial charge in [-0.3, -0.25) is 0 Å². The monoisotopic (exact) mass is 436 g/mol. The first-order valence-electron chi connectivity index (χ1n) is 8.42. The van der Waals surface area contributed by atoms with Gasteiger partial charge in [0, 0.05) is 10.8 Å². The molecule has 0 aliphatic carbocycles. The highest BCUT2D eigenvalue weighted by Crippen LogP contribution is 2.36. The molecule has 1 aromatic heterocycles. The molecule has 3 rings (SSSR count). The van der Waals surface area contributed by atoms with Crippen LogP contribution in [-0.2, 0) is 5.75 Å². The minimum atomic E-state index is 0.462. The van der Waals surface area contributed by atoms with Crippen molar-refractivity contribution >= 4 is 41.2 Å². The third-order valence-electron chi connectivity index (χ3n) is 3.65. The Morgan fingerprint density at radius 3 is 2.71 bits per heavy atom. The summed E-state index contributed by atoms with van der Waals surface area (Å²) in [5.74, 6) is 1.80. The molecular formula is C19H18Cl2N4O2S. The molecule has 6 nitrogen and oxygen atoms in total. The Balaban J connectivity index is 1.74. The predicted molar refractivity (Wildman–Crippen MR) is 113 cm³/mol. The van der Waals surface area contributed by atoms with Crippen molar-refractivity contribution in [2.45, 2.75) is 17.8 Å². The van der Waals surface area contributed by atoms with Crippen LogP contribution in [0.3, 0.4) is 0 Å². The number of ether oxygens (including phenoxy) is 2. The van der Waals surface area contributed by atoms with E-state index in [0.717, 1.165) is 16.9 Å². The Morgan fingerprint density at radius 1 is 1.21 bits per heavy atom. The van der Waals surface area contributed by atoms with E-state index in [9.17, 15) is 0 Å². The molecule has 0 aliphatic rings. The molecule has 1 heterocycles. The molecular weight excluding hydrogens is 419 g/mol. The smallest absolute Gasteiger partial charge is 0.212 e. The fourth-order valence-electron chi connectivity index (χ4n) is 2.35. The van der Waals surface area contributed by atoms with Crippen LogP contribution in [0.5, 0.6) is 11.5 Å². The predicted octanol–water partition coefficient (Wildman–Crippen LogP) is 5.17. The van der Waals surface area contributed by atoms with Gasteiger partial charge in [-0.05, 0) is 42.3 Å². The van der Waals surface area contributed by atoms with Crippen LogP contribution >= 0.6 is 35.0 Å². The normalized spacial score (nSPS) is 11.1. The second-order valence-electron chi connectivity index (χ2n) is 5.58. The van der Waals surface area contributed by atoms with Gasteiger partial charge in [0.05, 0.1) is 25.0 Å². The largest absolute Gasteiger partial charge is 0.493 e. The number of halogens is 2. The molecule has 3 aromatic rings. The number of hydrogen-bond acceptors (Lipinski definition) is 6. The maximum Gasteiger partial charge on any atom is 0.212 e. The Morgan fingerprint density at radius 2 is 2.00 bits per heavy atom. The first kappa shape index (κ1) is 20.5. The van der Waals surface area contributed by atoms with Gasteiger partial charge < -0.3 is 9.47 Å². The molecule has 0 saturated heterocycles. The number of nitrogens with zero attached hydrogens (tertiary/aromatic N) is 4. The van der Waals surface area contributed by atoms with Gasteiger partial charge in [-0.1, -0.05) is 47.1 Å². The summed E-state index contributed by atoms with van der Waals surface area (Å²) in [4.78, 5) is 0. The standard InChI is InChI=1S/C19H18Cl2N4O2S/c1-3-27-18-16(21)8-14(9-17(18)26-2)10-23-25-12-22-24-19(25)28-11-13-4-6-15(20)7-5-13/h4-10,12H,3,11H2,1-2H3/b23-10+. The van der Waals surface area contributed by atoms with Gasteiger partial charge in [-0.15, -0.1) is 10.2 Å². The Bertz CT molecular complexity index is 961. The van der Waals surface area contributed by atoms with Crippen molar-refractivity contribution in [3.8, 4) is 11.5 Å². The maximum absolute atomic E-state index is 6.30. The van der Waals surface area contributed by atoms with Crippen molar-refractivity contribution in [3.63, 3.8) is 0 Å². The average Bonchev–Trinajstić information content (AvgIpc) is 3.15. The lowest BCUT2D eigenvalue weighted by Gasteiger charge is -2.11. The maximum atomic E-state index is 6.30. The van der Waals surface area contributed by atoms with Crippen LogP contribution in [0.25, 0.3) is 0 Å². The van der Waals surface area contributed by atoms with Gasteiger partial charge in [0.1, 0.15) is 6.33 Å². The van der Waals surface area contributed by atoms with Crippen molar-refractivity contribution in [2.24, 2.45) is 5.10 Å². The summed E-state index contributed by atoms with van der Waals surface area (Å²) in [5.41, 5.74) is 1.91. The Labute approximate surface area is 177 Å². The molecule has 0 unspecified atom stereocenters. The van der Waals surface area contributed by atoms with Crippen molar-refractivity contribution < 1.29 is 9.47 Å². The molecule has 0 saturated carbocycles. The first-order valence-corrected chi connectivity index (χ1v) is 10.2. The van der Waals surface area contributed by atoms with Crippen LogP contribution < -0.4 is 9.47 Å². The number of hydrogen-bond donors (Lipinski definition) is 0. The first-order chi connectivity index (χ1) is 13.6. The molecule has 0 fully saturated rings. The molecule has 0 aliphatic heterocycles. The number of thioether (sulfide) groups is 1. The fourth-order valence-corrected chi connectivity index (χ4v) is 3.57. The van der Waals surface area contributed by atoms with Crippen LogP contribution in [-0.4, -0.2) is 34.8 Å². The van der Waals surface area contributed by atoms with Crippen LogP contribution in [0.1, 0.15) is 18.1 Å². The zero-order valence-electron chi connectivity index (χ0n) is 15.3.